The first-order valence-electron chi connectivity index (χ1n) is 13.5. The van der Waals surface area contributed by atoms with Crippen molar-refractivity contribution in [3.05, 3.63) is 99.2 Å². The number of carbonyl (C=O) groups excluding carboxylic acids is 1. The van der Waals surface area contributed by atoms with E-state index in [1.807, 2.05) is 56.3 Å². The second-order valence-electron chi connectivity index (χ2n) is 9.50. The minimum Gasteiger partial charge on any atom is -0.492 e. The molecule has 8 nitrogen and oxygen atoms in total. The third-order valence-corrected chi connectivity index (χ3v) is 7.78. The Labute approximate surface area is 252 Å². The third-order valence-electron chi connectivity index (χ3n) is 6.57. The first-order valence-corrected chi connectivity index (χ1v) is 15.2. The summed E-state index contributed by atoms with van der Waals surface area (Å²) in [6.07, 6.45) is 0. The number of aromatic nitrogens is 3. The largest absolute Gasteiger partial charge is 0.492 e. The van der Waals surface area contributed by atoms with Crippen LogP contribution in [0.3, 0.4) is 0 Å². The lowest BCUT2D eigenvalue weighted by atomic mass is 9.94. The molecule has 0 saturated carbocycles. The molecule has 10 heteroatoms. The van der Waals surface area contributed by atoms with E-state index in [2.05, 4.69) is 64.7 Å². The molecular weight excluding hydrogens is 602 g/mol. The molecule has 5 rings (SSSR count). The van der Waals surface area contributed by atoms with Crippen molar-refractivity contribution in [1.29, 1.82) is 0 Å². The maximum Gasteiger partial charge on any atom is 0.255 e. The molecule has 1 aromatic heterocycles. The Balaban J connectivity index is 1.58. The lowest BCUT2D eigenvalue weighted by molar-refractivity contribution is -0.113. The maximum absolute atomic E-state index is 14.1. The summed E-state index contributed by atoms with van der Waals surface area (Å²) in [4.78, 5) is 18.8. The predicted molar refractivity (Wildman–Crippen MR) is 167 cm³/mol. The standard InChI is InChI=1S/C31H32BrN5O3S/c1-5-39-26-10-8-7-9-24(26)34-29(38)27-20(4)33-30-35-31(41-6-2)36-37(30)28(27)23-17-22(32)15-16-25(23)40-18-21-13-11-19(3)12-14-21/h7-17,28H,5-6,18H2,1-4H3,(H,34,38)(H,33,35,36). The number of rotatable bonds is 10. The van der Waals surface area contributed by atoms with Crippen LogP contribution in [0, 0.1) is 6.92 Å². The van der Waals surface area contributed by atoms with Gasteiger partial charge in [-0.2, -0.15) is 4.98 Å². The van der Waals surface area contributed by atoms with Gasteiger partial charge in [0, 0.05) is 15.7 Å². The summed E-state index contributed by atoms with van der Waals surface area (Å²) in [7, 11) is 0. The Morgan fingerprint density at radius 3 is 2.59 bits per heavy atom. The highest BCUT2D eigenvalue weighted by atomic mass is 79.9. The number of thioether (sulfide) groups is 1. The molecule has 0 saturated heterocycles. The van der Waals surface area contributed by atoms with Crippen molar-refractivity contribution in [3.8, 4) is 11.5 Å². The zero-order chi connectivity index (χ0) is 28.9. The highest BCUT2D eigenvalue weighted by Gasteiger charge is 2.36. The Hall–Kier alpha value is -3.76. The summed E-state index contributed by atoms with van der Waals surface area (Å²) >= 11 is 5.18. The first-order chi connectivity index (χ1) is 19.9. The van der Waals surface area contributed by atoms with Crippen molar-refractivity contribution >= 4 is 45.2 Å². The van der Waals surface area contributed by atoms with Gasteiger partial charge in [0.1, 0.15) is 24.1 Å². The van der Waals surface area contributed by atoms with E-state index < -0.39 is 6.04 Å². The van der Waals surface area contributed by atoms with Crippen LogP contribution in [0.5, 0.6) is 11.5 Å². The zero-order valence-electron chi connectivity index (χ0n) is 23.4. The van der Waals surface area contributed by atoms with Gasteiger partial charge < -0.3 is 20.1 Å². The second-order valence-corrected chi connectivity index (χ2v) is 11.6. The van der Waals surface area contributed by atoms with Crippen LogP contribution >= 0.6 is 27.7 Å². The maximum atomic E-state index is 14.1. The summed E-state index contributed by atoms with van der Waals surface area (Å²) in [5.74, 6) is 2.38. The number of hydrogen-bond donors (Lipinski definition) is 2. The van der Waals surface area contributed by atoms with Gasteiger partial charge in [-0.25, -0.2) is 4.68 Å². The molecule has 1 aliphatic heterocycles. The quantitative estimate of drug-likeness (QED) is 0.176. The van der Waals surface area contributed by atoms with Crippen LogP contribution in [0.1, 0.15) is 43.5 Å². The van der Waals surface area contributed by atoms with E-state index in [9.17, 15) is 4.79 Å². The number of fused-ring (bicyclic) bond motifs is 1. The average molecular weight is 635 g/mol. The van der Waals surface area contributed by atoms with Crippen molar-refractivity contribution in [3.63, 3.8) is 0 Å². The number of para-hydroxylation sites is 2. The lowest BCUT2D eigenvalue weighted by Gasteiger charge is -2.30. The molecule has 41 heavy (non-hydrogen) atoms. The van der Waals surface area contributed by atoms with E-state index >= 15 is 0 Å². The Morgan fingerprint density at radius 2 is 1.83 bits per heavy atom. The summed E-state index contributed by atoms with van der Waals surface area (Å²) in [5.41, 5.74) is 4.80. The molecule has 1 aliphatic rings. The van der Waals surface area contributed by atoms with Gasteiger partial charge in [-0.15, -0.1) is 5.10 Å². The number of carbonyl (C=O) groups is 1. The summed E-state index contributed by atoms with van der Waals surface area (Å²) < 4.78 is 14.8. The molecule has 0 radical (unpaired) electrons. The smallest absolute Gasteiger partial charge is 0.255 e. The molecule has 2 N–H and O–H groups in total. The van der Waals surface area contributed by atoms with Gasteiger partial charge >= 0.3 is 0 Å². The zero-order valence-corrected chi connectivity index (χ0v) is 25.8. The van der Waals surface area contributed by atoms with Crippen LogP contribution in [0.2, 0.25) is 0 Å². The molecule has 0 bridgehead atoms. The molecule has 1 amide bonds. The van der Waals surface area contributed by atoms with E-state index in [0.717, 1.165) is 21.4 Å². The van der Waals surface area contributed by atoms with Gasteiger partial charge in [0.15, 0.2) is 0 Å². The molecule has 3 aromatic carbocycles. The van der Waals surface area contributed by atoms with Gasteiger partial charge in [-0.1, -0.05) is 76.6 Å². The number of benzene rings is 3. The molecule has 0 spiro atoms. The van der Waals surface area contributed by atoms with Crippen LogP contribution in [0.4, 0.5) is 11.6 Å². The summed E-state index contributed by atoms with van der Waals surface area (Å²) in [5, 5.41) is 11.8. The highest BCUT2D eigenvalue weighted by Crippen LogP contribution is 2.42. The Kier molecular flexibility index (Phi) is 8.99. The monoisotopic (exact) mass is 633 g/mol. The van der Waals surface area contributed by atoms with Crippen molar-refractivity contribution in [2.24, 2.45) is 0 Å². The number of aryl methyl sites for hydroxylation is 1. The lowest BCUT2D eigenvalue weighted by Crippen LogP contribution is -2.32. The second kappa shape index (κ2) is 12.8. The fourth-order valence-corrected chi connectivity index (χ4v) is 5.59. The van der Waals surface area contributed by atoms with Crippen LogP contribution in [-0.2, 0) is 11.4 Å². The fourth-order valence-electron chi connectivity index (χ4n) is 4.65. The summed E-state index contributed by atoms with van der Waals surface area (Å²) in [6.45, 7) is 8.77. The average Bonchev–Trinajstić information content (AvgIpc) is 3.35. The number of hydrogen-bond acceptors (Lipinski definition) is 7. The fraction of sp³-hybridized carbons (Fsp3) is 0.258. The minimum absolute atomic E-state index is 0.276. The molecule has 4 aromatic rings. The van der Waals surface area contributed by atoms with Gasteiger partial charge in [0.25, 0.3) is 5.91 Å². The van der Waals surface area contributed by atoms with E-state index in [1.54, 1.807) is 16.4 Å². The SMILES string of the molecule is CCOc1ccccc1NC(=O)C1=C(C)Nc2nc(SCC)nn2C1c1cc(Br)ccc1OCc1ccc(C)cc1. The van der Waals surface area contributed by atoms with Crippen molar-refractivity contribution in [1.82, 2.24) is 14.8 Å². The molecule has 1 unspecified atom stereocenters. The van der Waals surface area contributed by atoms with Crippen LogP contribution in [-0.4, -0.2) is 33.0 Å². The topological polar surface area (TPSA) is 90.3 Å². The first kappa shape index (κ1) is 28.8. The summed E-state index contributed by atoms with van der Waals surface area (Å²) in [6, 6.07) is 20.9. The molecular formula is C31H32BrN5O3S. The molecule has 0 fully saturated rings. The van der Waals surface area contributed by atoms with Crippen LogP contribution in [0.15, 0.2) is 87.6 Å². The highest BCUT2D eigenvalue weighted by molar-refractivity contribution is 9.10. The van der Waals surface area contributed by atoms with Gasteiger partial charge in [0.2, 0.25) is 11.1 Å². The van der Waals surface area contributed by atoms with Crippen molar-refractivity contribution in [2.45, 2.75) is 45.5 Å². The Bertz CT molecular complexity index is 1590. The van der Waals surface area contributed by atoms with E-state index in [0.29, 0.717) is 52.8 Å². The number of amides is 1. The molecule has 1 atom stereocenters. The number of nitrogens with zero attached hydrogens (tertiary/aromatic N) is 3. The van der Waals surface area contributed by atoms with Crippen LogP contribution in [0.25, 0.3) is 0 Å². The number of nitrogens with one attached hydrogen (secondary N) is 2. The molecule has 2 heterocycles. The number of anilines is 2. The molecule has 0 aliphatic carbocycles. The molecule has 212 valence electrons. The third kappa shape index (κ3) is 6.44. The number of allylic oxidation sites excluding steroid dienone is 1. The van der Waals surface area contributed by atoms with E-state index in [4.69, 9.17) is 19.6 Å². The number of halogens is 1. The van der Waals surface area contributed by atoms with E-state index in [1.165, 1.54) is 5.56 Å². The van der Waals surface area contributed by atoms with Crippen LogP contribution < -0.4 is 20.1 Å². The van der Waals surface area contributed by atoms with Gasteiger partial charge in [-0.3, -0.25) is 4.79 Å². The predicted octanol–water partition coefficient (Wildman–Crippen LogP) is 7.37. The number of ether oxygens (including phenoxy) is 2. The van der Waals surface area contributed by atoms with Gasteiger partial charge in [-0.05, 0) is 62.4 Å². The van der Waals surface area contributed by atoms with E-state index in [-0.39, 0.29) is 5.91 Å². The minimum atomic E-state index is -0.602. The van der Waals surface area contributed by atoms with Crippen molar-refractivity contribution < 1.29 is 14.3 Å². The van der Waals surface area contributed by atoms with Crippen molar-refractivity contribution in [2.75, 3.05) is 23.0 Å². The van der Waals surface area contributed by atoms with Gasteiger partial charge in [0.05, 0.1) is 17.9 Å². The normalized spacial score (nSPS) is 14.3. The Morgan fingerprint density at radius 1 is 1.05 bits per heavy atom.